The highest BCUT2D eigenvalue weighted by atomic mass is 31.2. The number of rotatable bonds is 60. The number of hydrogen-bond donors (Lipinski definition) is 1. The van der Waals surface area contributed by atoms with Gasteiger partial charge < -0.3 is 28.5 Å². The van der Waals surface area contributed by atoms with Crippen LogP contribution in [0, 0.1) is 0 Å². The highest BCUT2D eigenvalue weighted by Gasteiger charge is 2.27. The lowest BCUT2D eigenvalue weighted by Crippen LogP contribution is -2.47. The van der Waals surface area contributed by atoms with Crippen LogP contribution in [0.15, 0.2) is 85.1 Å². The van der Waals surface area contributed by atoms with Gasteiger partial charge in [-0.15, -0.1) is 0 Å². The van der Waals surface area contributed by atoms with Gasteiger partial charge in [-0.2, -0.15) is 0 Å². The number of quaternary nitrogens is 1. The van der Waals surface area contributed by atoms with Crippen LogP contribution in [0.5, 0.6) is 0 Å². The van der Waals surface area contributed by atoms with Crippen LogP contribution >= 0.6 is 7.82 Å². The van der Waals surface area contributed by atoms with Gasteiger partial charge in [0.1, 0.15) is 19.3 Å². The third-order valence-corrected chi connectivity index (χ3v) is 15.5. The normalized spacial score (nSPS) is 14.1. The molecule has 0 heterocycles. The maximum absolute atomic E-state index is 13.6. The van der Waals surface area contributed by atoms with E-state index in [9.17, 15) is 19.0 Å². The van der Waals surface area contributed by atoms with Gasteiger partial charge in [0.2, 0.25) is 5.91 Å². The Morgan fingerprint density at radius 3 is 1.21 bits per heavy atom. The number of phosphoric acid groups is 1. The molecule has 0 bridgehead atoms. The average Bonchev–Trinajstić information content (AvgIpc) is 3.43. The van der Waals surface area contributed by atoms with E-state index in [0.29, 0.717) is 23.9 Å². The molecule has 0 aliphatic rings. The number of esters is 1. The van der Waals surface area contributed by atoms with Crippen LogP contribution < -0.4 is 10.2 Å². The summed E-state index contributed by atoms with van der Waals surface area (Å²) in [6.45, 7) is 6.73. The second-order valence-electron chi connectivity index (χ2n) is 23.6. The van der Waals surface area contributed by atoms with E-state index in [2.05, 4.69) is 99.0 Å². The van der Waals surface area contributed by atoms with E-state index < -0.39 is 26.6 Å². The summed E-state index contributed by atoms with van der Waals surface area (Å²) in [4.78, 5) is 40.1. The Balaban J connectivity index is 5.19. The molecule has 0 saturated heterocycles. The van der Waals surface area contributed by atoms with Gasteiger partial charge in [0, 0.05) is 12.8 Å². The van der Waals surface area contributed by atoms with Crippen molar-refractivity contribution in [1.82, 2.24) is 5.32 Å². The fraction of sp³-hybridized carbons (Fsp3) is 0.771. The molecule has 10 heteroatoms. The standard InChI is InChI=1S/C70H127N2O7P/c1-7-10-13-16-19-22-25-28-30-32-34-35-36-37-39-41-43-45-48-51-54-57-60-63-70(74)79-68(61-58-55-52-49-46-27-24-21-18-15-12-9-3)67(66-78-80(75,76)77-65-64-72(4,5)6)71-69(73)62-59-56-53-50-47-44-42-40-38-33-31-29-26-23-20-17-14-11-8-2/h10,13,19,22,28-31,34-35,37,39,58,61,67-68H,7-9,11-12,14-18,20-21,23-27,32-33,36,38,40-57,59-60,62-66H2,1-6H3,(H-,71,73,75,76)/b13-10-,22-19-,30-28-,31-29+,35-34-,39-37-,61-58+. The van der Waals surface area contributed by atoms with Crippen molar-refractivity contribution in [3.8, 4) is 0 Å². The van der Waals surface area contributed by atoms with Gasteiger partial charge in [-0.05, 0) is 102 Å². The lowest BCUT2D eigenvalue weighted by atomic mass is 10.0. The summed E-state index contributed by atoms with van der Waals surface area (Å²) in [7, 11) is 1.17. The van der Waals surface area contributed by atoms with E-state index in [4.69, 9.17) is 13.8 Å². The molecule has 0 aromatic heterocycles. The molecule has 80 heavy (non-hydrogen) atoms. The van der Waals surface area contributed by atoms with Crippen LogP contribution in [0.2, 0.25) is 0 Å². The molecule has 0 aliphatic carbocycles. The van der Waals surface area contributed by atoms with Crippen molar-refractivity contribution in [2.45, 2.75) is 309 Å². The summed E-state index contributed by atoms with van der Waals surface area (Å²) in [5.74, 6) is -0.552. The van der Waals surface area contributed by atoms with E-state index >= 15 is 0 Å². The zero-order valence-electron chi connectivity index (χ0n) is 53.0. The van der Waals surface area contributed by atoms with Crippen molar-refractivity contribution in [3.05, 3.63) is 85.1 Å². The molecule has 0 aromatic carbocycles. The third-order valence-electron chi connectivity index (χ3n) is 14.6. The van der Waals surface area contributed by atoms with Crippen LogP contribution in [0.3, 0.4) is 0 Å². The molecule has 1 amide bonds. The Labute approximate surface area is 495 Å². The van der Waals surface area contributed by atoms with Crippen molar-refractivity contribution >= 4 is 19.7 Å². The lowest BCUT2D eigenvalue weighted by molar-refractivity contribution is -0.870. The minimum Gasteiger partial charge on any atom is -0.756 e. The minimum absolute atomic E-state index is 0.0272. The Morgan fingerprint density at radius 1 is 0.450 bits per heavy atom. The van der Waals surface area contributed by atoms with Gasteiger partial charge in [0.05, 0.1) is 33.8 Å². The van der Waals surface area contributed by atoms with Gasteiger partial charge >= 0.3 is 5.97 Å². The number of hydrogen-bond acceptors (Lipinski definition) is 7. The molecular formula is C70H127N2O7P. The zero-order valence-corrected chi connectivity index (χ0v) is 53.9. The predicted molar refractivity (Wildman–Crippen MR) is 344 cm³/mol. The molecule has 0 spiro atoms. The van der Waals surface area contributed by atoms with Gasteiger partial charge in [-0.1, -0.05) is 267 Å². The molecule has 464 valence electrons. The van der Waals surface area contributed by atoms with Crippen molar-refractivity contribution in [3.63, 3.8) is 0 Å². The smallest absolute Gasteiger partial charge is 0.306 e. The monoisotopic (exact) mass is 1140 g/mol. The van der Waals surface area contributed by atoms with Crippen molar-refractivity contribution in [2.75, 3.05) is 40.9 Å². The third kappa shape index (κ3) is 59.8. The van der Waals surface area contributed by atoms with Crippen LogP contribution in [0.25, 0.3) is 0 Å². The molecule has 9 nitrogen and oxygen atoms in total. The summed E-state index contributed by atoms with van der Waals surface area (Å²) >= 11 is 0. The maximum atomic E-state index is 13.6. The Kier molecular flexibility index (Phi) is 57.3. The number of nitrogens with zero attached hydrogens (tertiary/aromatic N) is 1. The summed E-state index contributed by atoms with van der Waals surface area (Å²) in [5.41, 5.74) is 0. The van der Waals surface area contributed by atoms with Gasteiger partial charge in [-0.25, -0.2) is 0 Å². The predicted octanol–water partition coefficient (Wildman–Crippen LogP) is 20.3. The summed E-state index contributed by atoms with van der Waals surface area (Å²) in [5, 5.41) is 3.03. The Bertz CT molecular complexity index is 1640. The van der Waals surface area contributed by atoms with Crippen LogP contribution in [0.1, 0.15) is 297 Å². The molecule has 1 N–H and O–H groups in total. The molecular weight excluding hydrogens is 1010 g/mol. The van der Waals surface area contributed by atoms with Gasteiger partial charge in [-0.3, -0.25) is 14.2 Å². The number of carbonyl (C=O) groups is 2. The number of amides is 1. The van der Waals surface area contributed by atoms with Gasteiger partial charge in [0.25, 0.3) is 7.82 Å². The number of phosphoric ester groups is 1. The van der Waals surface area contributed by atoms with E-state index in [1.54, 1.807) is 0 Å². The number of allylic oxidation sites excluding steroid dienone is 13. The largest absolute Gasteiger partial charge is 0.756 e. The molecule has 0 saturated carbocycles. The summed E-state index contributed by atoms with van der Waals surface area (Å²) in [6.07, 6.45) is 78.3. The Hall–Kier alpha value is -2.81. The molecule has 3 atom stereocenters. The minimum atomic E-state index is -4.71. The fourth-order valence-electron chi connectivity index (χ4n) is 9.43. The molecule has 0 aromatic rings. The Morgan fingerprint density at radius 2 is 0.800 bits per heavy atom. The molecule has 0 radical (unpaired) electrons. The highest BCUT2D eigenvalue weighted by molar-refractivity contribution is 7.45. The van der Waals surface area contributed by atoms with E-state index in [1.165, 1.54) is 154 Å². The first-order valence-electron chi connectivity index (χ1n) is 33.4. The summed E-state index contributed by atoms with van der Waals surface area (Å²) < 4.78 is 30.4. The first-order chi connectivity index (χ1) is 38.9. The number of carbonyl (C=O) groups excluding carboxylic acids is 2. The topological polar surface area (TPSA) is 114 Å². The zero-order chi connectivity index (χ0) is 58.6. The van der Waals surface area contributed by atoms with Crippen molar-refractivity contribution in [1.29, 1.82) is 0 Å². The summed E-state index contributed by atoms with van der Waals surface area (Å²) in [6, 6.07) is -0.898. The van der Waals surface area contributed by atoms with Gasteiger partial charge in [0.15, 0.2) is 0 Å². The van der Waals surface area contributed by atoms with Crippen molar-refractivity contribution < 1.29 is 37.3 Å². The van der Waals surface area contributed by atoms with E-state index in [0.717, 1.165) is 103 Å². The van der Waals surface area contributed by atoms with E-state index in [-0.39, 0.29) is 24.9 Å². The highest BCUT2D eigenvalue weighted by Crippen LogP contribution is 2.38. The van der Waals surface area contributed by atoms with E-state index in [1.807, 2.05) is 33.3 Å². The second-order valence-corrected chi connectivity index (χ2v) is 25.0. The number of likely N-dealkylation sites (N-methyl/N-ethyl adjacent to an activating group) is 1. The SMILES string of the molecule is CC/C=C\C/C=C\C/C=C\C/C=C\C/C=C\CCCCCCCCCC(=O)OC(/C=C/CCCCCCCCCCCC)C(COP(=O)([O-])OCC[N+](C)(C)C)NC(=O)CCCCCCCCCCC/C=C/CCCCCCCC. The maximum Gasteiger partial charge on any atom is 0.306 e. The second kappa shape index (κ2) is 59.4. The number of nitrogens with one attached hydrogen (secondary N) is 1. The quantitative estimate of drug-likeness (QED) is 0.0212. The first kappa shape index (κ1) is 77.2. The van der Waals surface area contributed by atoms with Crippen molar-refractivity contribution in [2.24, 2.45) is 0 Å². The average molecular weight is 1140 g/mol. The lowest BCUT2D eigenvalue weighted by Gasteiger charge is -2.30. The van der Waals surface area contributed by atoms with Crippen LogP contribution in [-0.4, -0.2) is 69.4 Å². The molecule has 0 aliphatic heterocycles. The number of ether oxygens (including phenoxy) is 1. The molecule has 0 rings (SSSR count). The molecule has 3 unspecified atom stereocenters. The van der Waals surface area contributed by atoms with Crippen LogP contribution in [-0.2, 0) is 27.9 Å². The van der Waals surface area contributed by atoms with Crippen LogP contribution in [0.4, 0.5) is 0 Å². The first-order valence-corrected chi connectivity index (χ1v) is 34.9. The molecule has 0 fully saturated rings. The fourth-order valence-corrected chi connectivity index (χ4v) is 10.1. The number of unbranched alkanes of at least 4 members (excludes halogenated alkanes) is 32.